The van der Waals surface area contributed by atoms with Crippen molar-refractivity contribution in [1.29, 1.82) is 0 Å². The largest absolute Gasteiger partial charge is 0.416 e. The average Bonchev–Trinajstić information content (AvgIpc) is 2.40. The van der Waals surface area contributed by atoms with Gasteiger partial charge < -0.3 is 10.6 Å². The molecule has 0 aliphatic heterocycles. The van der Waals surface area contributed by atoms with Crippen LogP contribution < -0.4 is 10.6 Å². The van der Waals surface area contributed by atoms with E-state index in [1.165, 1.54) is 6.07 Å². The Hall–Kier alpha value is -1.24. The second-order valence-corrected chi connectivity index (χ2v) is 5.56. The molecule has 1 aromatic carbocycles. The first-order chi connectivity index (χ1) is 9.75. The van der Waals surface area contributed by atoms with Crippen LogP contribution in [0, 0.1) is 0 Å². The van der Waals surface area contributed by atoms with Crippen molar-refractivity contribution in [3.05, 3.63) is 28.2 Å². The Bertz CT molecular complexity index is 492. The van der Waals surface area contributed by atoms with E-state index >= 15 is 0 Å². The predicted molar refractivity (Wildman–Crippen MR) is 80.1 cm³/mol. The number of rotatable bonds is 6. The third-order valence-electron chi connectivity index (χ3n) is 2.89. The van der Waals surface area contributed by atoms with Gasteiger partial charge in [0.25, 0.3) is 0 Å². The molecule has 0 aliphatic rings. The molecule has 0 aliphatic carbocycles. The maximum Gasteiger partial charge on any atom is 0.416 e. The van der Waals surface area contributed by atoms with Gasteiger partial charge in [-0.2, -0.15) is 13.2 Å². The minimum atomic E-state index is -4.41. The molecule has 3 nitrogen and oxygen atoms in total. The minimum absolute atomic E-state index is 0.239. The topological polar surface area (TPSA) is 41.1 Å². The molecule has 7 heteroatoms. The van der Waals surface area contributed by atoms with E-state index < -0.39 is 17.8 Å². The van der Waals surface area contributed by atoms with Crippen molar-refractivity contribution >= 4 is 27.5 Å². The molecule has 0 aromatic heterocycles. The van der Waals surface area contributed by atoms with Gasteiger partial charge in [-0.15, -0.1) is 0 Å². The molecule has 0 bridgehead atoms. The molecule has 1 atom stereocenters. The highest BCUT2D eigenvalue weighted by Gasteiger charge is 2.31. The van der Waals surface area contributed by atoms with Gasteiger partial charge in [-0.3, -0.25) is 4.79 Å². The number of carbonyl (C=O) groups excluding carboxylic acids is 1. The number of unbranched alkanes of at least 4 members (excludes halogenated alkanes) is 1. The van der Waals surface area contributed by atoms with Gasteiger partial charge in [-0.1, -0.05) is 13.3 Å². The Morgan fingerprint density at radius 1 is 1.38 bits per heavy atom. The van der Waals surface area contributed by atoms with E-state index in [9.17, 15) is 18.0 Å². The highest BCUT2D eigenvalue weighted by molar-refractivity contribution is 9.10. The van der Waals surface area contributed by atoms with Crippen molar-refractivity contribution in [3.63, 3.8) is 0 Å². The fourth-order valence-electron chi connectivity index (χ4n) is 1.65. The van der Waals surface area contributed by atoms with Gasteiger partial charge in [0.1, 0.15) is 6.04 Å². The van der Waals surface area contributed by atoms with Gasteiger partial charge in [0.15, 0.2) is 0 Å². The van der Waals surface area contributed by atoms with Gasteiger partial charge in [0, 0.05) is 16.7 Å². The number of amides is 1. The zero-order valence-electron chi connectivity index (χ0n) is 11.9. The second kappa shape index (κ2) is 7.68. The van der Waals surface area contributed by atoms with Gasteiger partial charge in [0.05, 0.1) is 5.56 Å². The quantitative estimate of drug-likeness (QED) is 0.741. The molecule has 21 heavy (non-hydrogen) atoms. The van der Waals surface area contributed by atoms with Crippen LogP contribution >= 0.6 is 15.9 Å². The fraction of sp³-hybridized carbons (Fsp3) is 0.500. The first-order valence-corrected chi connectivity index (χ1v) is 7.46. The average molecular weight is 367 g/mol. The third kappa shape index (κ3) is 5.57. The summed E-state index contributed by atoms with van der Waals surface area (Å²) >= 11 is 3.18. The van der Waals surface area contributed by atoms with Crippen molar-refractivity contribution in [2.45, 2.75) is 38.9 Å². The minimum Gasteiger partial charge on any atom is -0.373 e. The van der Waals surface area contributed by atoms with E-state index in [4.69, 9.17) is 0 Å². The Kier molecular flexibility index (Phi) is 6.51. The second-order valence-electron chi connectivity index (χ2n) is 4.70. The van der Waals surface area contributed by atoms with Gasteiger partial charge in [-0.05, 0) is 47.5 Å². The first kappa shape index (κ1) is 17.8. The number of carbonyl (C=O) groups is 1. The Morgan fingerprint density at radius 2 is 2.05 bits per heavy atom. The fourth-order valence-corrected chi connectivity index (χ4v) is 2.01. The maximum absolute atomic E-state index is 12.7. The van der Waals surface area contributed by atoms with Crippen LogP contribution in [-0.2, 0) is 11.0 Å². The number of nitrogens with one attached hydrogen (secondary N) is 2. The van der Waals surface area contributed by atoms with Gasteiger partial charge in [-0.25, -0.2) is 0 Å². The third-order valence-corrected chi connectivity index (χ3v) is 3.58. The summed E-state index contributed by atoms with van der Waals surface area (Å²) < 4.78 is 38.5. The predicted octanol–water partition coefficient (Wildman–Crippen LogP) is 4.18. The number of anilines is 1. The molecule has 0 radical (unpaired) electrons. The number of hydrogen-bond donors (Lipinski definition) is 2. The molecule has 0 heterocycles. The standard InChI is InChI=1S/C14H18BrF3N2O/c1-3-4-7-19-13(21)9(2)20-12-8-10(14(16,17)18)5-6-11(12)15/h5-6,8-9,20H,3-4,7H2,1-2H3,(H,19,21). The van der Waals surface area contributed by atoms with E-state index in [0.717, 1.165) is 25.0 Å². The molecule has 1 unspecified atom stereocenters. The van der Waals surface area contributed by atoms with Crippen LogP contribution in [0.1, 0.15) is 32.3 Å². The van der Waals surface area contributed by atoms with Crippen molar-refractivity contribution < 1.29 is 18.0 Å². The number of halogens is 4. The van der Waals surface area contributed by atoms with Crippen LogP contribution in [-0.4, -0.2) is 18.5 Å². The zero-order valence-corrected chi connectivity index (χ0v) is 13.4. The van der Waals surface area contributed by atoms with E-state index in [-0.39, 0.29) is 11.6 Å². The molecule has 1 amide bonds. The summed E-state index contributed by atoms with van der Waals surface area (Å²) in [6.07, 6.45) is -2.59. The normalized spacial score (nSPS) is 12.9. The molecule has 0 saturated heterocycles. The summed E-state index contributed by atoms with van der Waals surface area (Å²) in [6, 6.07) is 2.66. The molecule has 2 N–H and O–H groups in total. The van der Waals surface area contributed by atoms with Gasteiger partial charge in [0.2, 0.25) is 5.91 Å². The summed E-state index contributed by atoms with van der Waals surface area (Å²) in [5.74, 6) is -0.243. The molecule has 118 valence electrons. The lowest BCUT2D eigenvalue weighted by atomic mass is 10.1. The van der Waals surface area contributed by atoms with Crippen molar-refractivity contribution in [1.82, 2.24) is 5.32 Å². The Morgan fingerprint density at radius 3 is 2.62 bits per heavy atom. The van der Waals surface area contributed by atoms with E-state index in [1.54, 1.807) is 6.92 Å². The maximum atomic E-state index is 12.7. The summed E-state index contributed by atoms with van der Waals surface area (Å²) in [5, 5.41) is 5.52. The summed E-state index contributed by atoms with van der Waals surface area (Å²) in [6.45, 7) is 4.17. The Labute approximate surface area is 130 Å². The SMILES string of the molecule is CCCCNC(=O)C(C)Nc1cc(C(F)(F)F)ccc1Br. The van der Waals surface area contributed by atoms with Crippen LogP contribution in [0.4, 0.5) is 18.9 Å². The van der Waals surface area contributed by atoms with E-state index in [1.807, 2.05) is 6.92 Å². The zero-order chi connectivity index (χ0) is 16.0. The summed E-state index contributed by atoms with van der Waals surface area (Å²) in [5.41, 5.74) is -0.519. The van der Waals surface area contributed by atoms with Crippen molar-refractivity contribution in [2.24, 2.45) is 0 Å². The van der Waals surface area contributed by atoms with Crippen LogP contribution in [0.3, 0.4) is 0 Å². The highest BCUT2D eigenvalue weighted by atomic mass is 79.9. The molecule has 0 spiro atoms. The Balaban J connectivity index is 2.75. The number of hydrogen-bond acceptors (Lipinski definition) is 2. The van der Waals surface area contributed by atoms with Gasteiger partial charge >= 0.3 is 6.18 Å². The van der Waals surface area contributed by atoms with Crippen LogP contribution in [0.5, 0.6) is 0 Å². The van der Waals surface area contributed by atoms with E-state index in [0.29, 0.717) is 11.0 Å². The smallest absolute Gasteiger partial charge is 0.373 e. The molecular weight excluding hydrogens is 349 g/mol. The van der Waals surface area contributed by atoms with Crippen LogP contribution in [0.25, 0.3) is 0 Å². The molecule has 1 rings (SSSR count). The summed E-state index contributed by atoms with van der Waals surface area (Å²) in [7, 11) is 0. The van der Waals surface area contributed by atoms with Crippen LogP contribution in [0.2, 0.25) is 0 Å². The van der Waals surface area contributed by atoms with Crippen molar-refractivity contribution in [2.75, 3.05) is 11.9 Å². The monoisotopic (exact) mass is 366 g/mol. The van der Waals surface area contributed by atoms with E-state index in [2.05, 4.69) is 26.6 Å². The lowest BCUT2D eigenvalue weighted by Gasteiger charge is -2.17. The number of alkyl halides is 3. The first-order valence-electron chi connectivity index (χ1n) is 6.66. The molecule has 0 saturated carbocycles. The molecular formula is C14H18BrF3N2O. The molecule has 1 aromatic rings. The molecule has 0 fully saturated rings. The summed E-state index contributed by atoms with van der Waals surface area (Å²) in [4.78, 5) is 11.8. The van der Waals surface area contributed by atoms with Crippen LogP contribution in [0.15, 0.2) is 22.7 Å². The lowest BCUT2D eigenvalue weighted by Crippen LogP contribution is -2.38. The lowest BCUT2D eigenvalue weighted by molar-refractivity contribution is -0.137. The number of benzene rings is 1. The van der Waals surface area contributed by atoms with Crippen molar-refractivity contribution in [3.8, 4) is 0 Å². The highest BCUT2D eigenvalue weighted by Crippen LogP contribution is 2.34.